The lowest BCUT2D eigenvalue weighted by Gasteiger charge is -2.50. The Hall–Kier alpha value is 0.110. The van der Waals surface area contributed by atoms with E-state index in [4.69, 9.17) is 4.52 Å². The minimum atomic E-state index is -4.47. The van der Waals surface area contributed by atoms with Crippen molar-refractivity contribution >= 4 is 7.82 Å². The smallest absolute Gasteiger partial charge is 0.303 e. The Morgan fingerprint density at radius 3 is 2.19 bits per heavy atom. The van der Waals surface area contributed by atoms with Crippen molar-refractivity contribution < 1.29 is 18.9 Å². The van der Waals surface area contributed by atoms with Gasteiger partial charge in [0.15, 0.2) is 0 Å². The maximum atomic E-state index is 11.5. The first-order valence-corrected chi connectivity index (χ1v) is 10.1. The molecule has 0 aromatic carbocycles. The molecule has 4 nitrogen and oxygen atoms in total. The lowest BCUT2D eigenvalue weighted by atomic mass is 9.61. The summed E-state index contributed by atoms with van der Waals surface area (Å²) in [5.74, 6) is 0. The maximum Gasteiger partial charge on any atom is 0.470 e. The van der Waals surface area contributed by atoms with Crippen LogP contribution in [0.4, 0.5) is 0 Å². The van der Waals surface area contributed by atoms with Crippen LogP contribution in [0.25, 0.3) is 0 Å². The quantitative estimate of drug-likeness (QED) is 0.453. The van der Waals surface area contributed by atoms with Gasteiger partial charge in [0.25, 0.3) is 0 Å². The molecule has 1 aliphatic carbocycles. The molecule has 0 amide bonds. The predicted octanol–water partition coefficient (Wildman–Crippen LogP) is 5.19. The van der Waals surface area contributed by atoms with E-state index in [0.29, 0.717) is 0 Å². The second kappa shape index (κ2) is 8.10. The fraction of sp³-hybridized carbons (Fsp3) is 1.00. The van der Waals surface area contributed by atoms with Gasteiger partial charge in [-0.2, -0.15) is 0 Å². The molecule has 2 N–H and O–H groups in total. The Kier molecular flexibility index (Phi) is 7.39. The molecule has 5 heteroatoms. The summed E-state index contributed by atoms with van der Waals surface area (Å²) < 4.78 is 16.9. The van der Waals surface area contributed by atoms with Crippen molar-refractivity contribution in [2.45, 2.75) is 97.0 Å². The van der Waals surface area contributed by atoms with Gasteiger partial charge in [-0.3, -0.25) is 4.52 Å². The fourth-order valence-corrected chi connectivity index (χ4v) is 4.85. The average Bonchev–Trinajstić information content (AvgIpc) is 2.42. The standard InChI is InChI=1S/C16H33O4P/c1-4-6-7-9-12-15(3,20-21(17,18)19)16(5-2)13-10-8-11-14-16/h4-14H2,1-3H3,(H2,17,18,19). The SMILES string of the molecule is CCCCCCC(C)(OP(=O)(O)O)C1(CC)CCCCC1. The van der Waals surface area contributed by atoms with Crippen LogP contribution in [0.15, 0.2) is 0 Å². The monoisotopic (exact) mass is 320 g/mol. The second-order valence-electron chi connectivity index (χ2n) is 6.82. The molecule has 1 rings (SSSR count). The lowest BCUT2D eigenvalue weighted by Crippen LogP contribution is -2.48. The van der Waals surface area contributed by atoms with Crippen LogP contribution >= 0.6 is 7.82 Å². The van der Waals surface area contributed by atoms with Crippen molar-refractivity contribution in [3.63, 3.8) is 0 Å². The van der Waals surface area contributed by atoms with Crippen LogP contribution in [0, 0.1) is 5.41 Å². The molecule has 0 radical (unpaired) electrons. The molecule has 1 saturated carbocycles. The van der Waals surface area contributed by atoms with Gasteiger partial charge in [0, 0.05) is 0 Å². The van der Waals surface area contributed by atoms with Crippen LogP contribution in [0.1, 0.15) is 91.4 Å². The Bertz CT molecular complexity index is 346. The summed E-state index contributed by atoms with van der Waals surface area (Å²) in [5.41, 5.74) is -0.798. The molecule has 0 aromatic rings. The summed E-state index contributed by atoms with van der Waals surface area (Å²) >= 11 is 0. The molecular weight excluding hydrogens is 287 g/mol. The van der Waals surface area contributed by atoms with Gasteiger partial charge in [-0.15, -0.1) is 0 Å². The van der Waals surface area contributed by atoms with Gasteiger partial charge < -0.3 is 9.79 Å². The van der Waals surface area contributed by atoms with Gasteiger partial charge >= 0.3 is 7.82 Å². The number of hydrogen-bond acceptors (Lipinski definition) is 2. The number of phosphoric acid groups is 1. The molecule has 0 bridgehead atoms. The van der Waals surface area contributed by atoms with Gasteiger partial charge in [-0.25, -0.2) is 4.57 Å². The predicted molar refractivity (Wildman–Crippen MR) is 86.1 cm³/mol. The Labute approximate surface area is 129 Å². The molecule has 1 fully saturated rings. The third-order valence-electron chi connectivity index (χ3n) is 5.44. The van der Waals surface area contributed by atoms with E-state index in [1.807, 2.05) is 6.92 Å². The van der Waals surface area contributed by atoms with E-state index in [9.17, 15) is 14.4 Å². The van der Waals surface area contributed by atoms with Crippen molar-refractivity contribution in [1.82, 2.24) is 0 Å². The molecule has 1 unspecified atom stereocenters. The molecule has 0 heterocycles. The minimum Gasteiger partial charge on any atom is -0.303 e. The highest BCUT2D eigenvalue weighted by atomic mass is 31.2. The van der Waals surface area contributed by atoms with E-state index in [2.05, 4.69) is 13.8 Å². The molecule has 0 saturated heterocycles. The Morgan fingerprint density at radius 1 is 1.10 bits per heavy atom. The molecule has 1 aliphatic rings. The Balaban J connectivity index is 2.89. The van der Waals surface area contributed by atoms with E-state index >= 15 is 0 Å². The van der Waals surface area contributed by atoms with Crippen molar-refractivity contribution in [1.29, 1.82) is 0 Å². The second-order valence-corrected chi connectivity index (χ2v) is 7.98. The molecule has 0 aliphatic heterocycles. The van der Waals surface area contributed by atoms with Crippen molar-refractivity contribution in [3.05, 3.63) is 0 Å². The van der Waals surface area contributed by atoms with E-state index in [0.717, 1.165) is 57.8 Å². The van der Waals surface area contributed by atoms with Gasteiger partial charge in [0.2, 0.25) is 0 Å². The summed E-state index contributed by atoms with van der Waals surface area (Å²) in [6, 6.07) is 0. The summed E-state index contributed by atoms with van der Waals surface area (Å²) in [6.45, 7) is 6.24. The molecule has 126 valence electrons. The first-order chi connectivity index (χ1) is 9.79. The highest BCUT2D eigenvalue weighted by Gasteiger charge is 2.50. The van der Waals surface area contributed by atoms with Crippen LogP contribution in [0.3, 0.4) is 0 Å². The molecule has 1 atom stereocenters. The number of phosphoric ester groups is 1. The third kappa shape index (κ3) is 5.35. The molecule has 0 spiro atoms. The van der Waals surface area contributed by atoms with E-state index in [-0.39, 0.29) is 5.41 Å². The molecular formula is C16H33O4P. The Morgan fingerprint density at radius 2 is 1.71 bits per heavy atom. The van der Waals surface area contributed by atoms with Crippen molar-refractivity contribution in [2.24, 2.45) is 5.41 Å². The first kappa shape index (κ1) is 19.2. The van der Waals surface area contributed by atoms with E-state index < -0.39 is 13.4 Å². The van der Waals surface area contributed by atoms with Gasteiger partial charge in [-0.1, -0.05) is 58.8 Å². The number of rotatable bonds is 9. The highest BCUT2D eigenvalue weighted by Crippen LogP contribution is 2.56. The zero-order valence-corrected chi connectivity index (χ0v) is 14.8. The largest absolute Gasteiger partial charge is 0.470 e. The minimum absolute atomic E-state index is 0.0847. The van der Waals surface area contributed by atoms with Gasteiger partial charge in [-0.05, 0) is 38.0 Å². The van der Waals surface area contributed by atoms with Gasteiger partial charge in [0.1, 0.15) is 0 Å². The zero-order chi connectivity index (χ0) is 16.0. The summed E-state index contributed by atoms with van der Waals surface area (Å²) in [4.78, 5) is 18.8. The van der Waals surface area contributed by atoms with Crippen LogP contribution in [0.5, 0.6) is 0 Å². The number of unbranched alkanes of at least 4 members (excludes halogenated alkanes) is 3. The van der Waals surface area contributed by atoms with Crippen LogP contribution in [0.2, 0.25) is 0 Å². The van der Waals surface area contributed by atoms with Crippen molar-refractivity contribution in [2.75, 3.05) is 0 Å². The van der Waals surface area contributed by atoms with E-state index in [1.165, 1.54) is 12.8 Å². The maximum absolute atomic E-state index is 11.5. The summed E-state index contributed by atoms with van der Waals surface area (Å²) in [5, 5.41) is 0. The summed E-state index contributed by atoms with van der Waals surface area (Å²) in [6.07, 6.45) is 11.6. The van der Waals surface area contributed by atoms with Crippen LogP contribution in [-0.2, 0) is 9.09 Å². The fourth-order valence-electron chi connectivity index (χ4n) is 4.04. The topological polar surface area (TPSA) is 66.8 Å². The van der Waals surface area contributed by atoms with Crippen LogP contribution in [-0.4, -0.2) is 15.4 Å². The number of hydrogen-bond donors (Lipinski definition) is 2. The average molecular weight is 320 g/mol. The van der Waals surface area contributed by atoms with Crippen molar-refractivity contribution in [3.8, 4) is 0 Å². The molecule has 21 heavy (non-hydrogen) atoms. The third-order valence-corrected chi connectivity index (χ3v) is 6.08. The highest BCUT2D eigenvalue weighted by molar-refractivity contribution is 7.46. The first-order valence-electron chi connectivity index (χ1n) is 8.55. The summed E-state index contributed by atoms with van der Waals surface area (Å²) in [7, 11) is -4.47. The molecule has 0 aromatic heterocycles. The van der Waals surface area contributed by atoms with E-state index in [1.54, 1.807) is 0 Å². The zero-order valence-electron chi connectivity index (χ0n) is 13.9. The van der Waals surface area contributed by atoms with Crippen LogP contribution < -0.4 is 0 Å². The van der Waals surface area contributed by atoms with Gasteiger partial charge in [0.05, 0.1) is 5.60 Å². The lowest BCUT2D eigenvalue weighted by molar-refractivity contribution is -0.0930. The normalized spacial score (nSPS) is 22.0.